The molecule has 1 N–H and O–H groups in total. The van der Waals surface area contributed by atoms with Crippen LogP contribution in [0.3, 0.4) is 0 Å². The number of para-hydroxylation sites is 1. The lowest BCUT2D eigenvalue weighted by Gasteiger charge is -2.20. The number of carbonyl (C=O) groups excluding carboxylic acids is 2. The normalized spacial score (nSPS) is 11.8. The minimum atomic E-state index is -0.712. The Bertz CT molecular complexity index is 417. The highest BCUT2D eigenvalue weighted by molar-refractivity contribution is 5.82. The van der Waals surface area contributed by atoms with Gasteiger partial charge in [-0.2, -0.15) is 0 Å². The van der Waals surface area contributed by atoms with Crippen LogP contribution in [0.5, 0.6) is 5.75 Å². The van der Waals surface area contributed by atoms with Gasteiger partial charge in [0.05, 0.1) is 6.61 Å². The Morgan fingerprint density at radius 1 is 1.21 bits per heavy atom. The predicted molar refractivity (Wildman–Crippen MR) is 70.9 cm³/mol. The summed E-state index contributed by atoms with van der Waals surface area (Å²) in [6, 6.07) is 7.95. The molecule has 0 heterocycles. The molecule has 19 heavy (non-hydrogen) atoms. The van der Waals surface area contributed by atoms with Gasteiger partial charge < -0.3 is 14.8 Å². The van der Waals surface area contributed by atoms with Crippen LogP contribution in [-0.2, 0) is 9.53 Å². The molecule has 1 atom stereocenters. The predicted octanol–water partition coefficient (Wildman–Crippen LogP) is 2.36. The van der Waals surface area contributed by atoms with Gasteiger partial charge in [0.15, 0.2) is 0 Å². The summed E-state index contributed by atoms with van der Waals surface area (Å²) in [4.78, 5) is 23.4. The van der Waals surface area contributed by atoms with Gasteiger partial charge in [0.1, 0.15) is 11.8 Å². The first kappa shape index (κ1) is 15.0. The smallest absolute Gasteiger partial charge is 0.413 e. The summed E-state index contributed by atoms with van der Waals surface area (Å²) in [5, 5.41) is 2.51. The Labute approximate surface area is 112 Å². The molecule has 0 aliphatic heterocycles. The van der Waals surface area contributed by atoms with Crippen molar-refractivity contribution in [2.75, 3.05) is 6.61 Å². The molecule has 104 valence electrons. The van der Waals surface area contributed by atoms with Crippen molar-refractivity contribution in [2.45, 2.75) is 26.8 Å². The van der Waals surface area contributed by atoms with Crippen LogP contribution < -0.4 is 10.1 Å². The number of rotatable bonds is 5. The Kier molecular flexibility index (Phi) is 5.85. The van der Waals surface area contributed by atoms with Crippen molar-refractivity contribution in [3.05, 3.63) is 30.3 Å². The molecule has 0 saturated heterocycles. The van der Waals surface area contributed by atoms with Crippen LogP contribution >= 0.6 is 0 Å². The van der Waals surface area contributed by atoms with E-state index < -0.39 is 18.1 Å². The third kappa shape index (κ3) is 4.99. The maximum Gasteiger partial charge on any atom is 0.413 e. The quantitative estimate of drug-likeness (QED) is 0.830. The molecule has 0 fully saturated rings. The highest BCUT2D eigenvalue weighted by Gasteiger charge is 2.26. The second kappa shape index (κ2) is 7.41. The molecule has 1 aromatic carbocycles. The fourth-order valence-electron chi connectivity index (χ4n) is 1.48. The van der Waals surface area contributed by atoms with Gasteiger partial charge in [0.25, 0.3) is 0 Å². The first-order valence-electron chi connectivity index (χ1n) is 6.24. The summed E-state index contributed by atoms with van der Waals surface area (Å²) >= 11 is 0. The maximum atomic E-state index is 11.7. The molecule has 0 radical (unpaired) electrons. The van der Waals surface area contributed by atoms with Gasteiger partial charge >= 0.3 is 12.1 Å². The van der Waals surface area contributed by atoms with E-state index >= 15 is 0 Å². The number of benzene rings is 1. The number of esters is 1. The van der Waals surface area contributed by atoms with E-state index in [-0.39, 0.29) is 12.5 Å². The molecular weight excluding hydrogens is 246 g/mol. The van der Waals surface area contributed by atoms with Crippen molar-refractivity contribution in [1.29, 1.82) is 0 Å². The van der Waals surface area contributed by atoms with Crippen molar-refractivity contribution in [3.8, 4) is 5.75 Å². The second-order valence-corrected chi connectivity index (χ2v) is 4.32. The van der Waals surface area contributed by atoms with Crippen LogP contribution in [0.15, 0.2) is 30.3 Å². The molecule has 5 heteroatoms. The fraction of sp³-hybridized carbons (Fsp3) is 0.429. The molecule has 1 amide bonds. The number of hydrogen-bond acceptors (Lipinski definition) is 4. The number of amides is 1. The lowest BCUT2D eigenvalue weighted by atomic mass is 10.1. The van der Waals surface area contributed by atoms with Gasteiger partial charge in [-0.15, -0.1) is 0 Å². The SMILES string of the molecule is CCOC(=O)[C@@H](NC(=O)Oc1ccccc1)C(C)C. The van der Waals surface area contributed by atoms with E-state index in [1.54, 1.807) is 31.2 Å². The van der Waals surface area contributed by atoms with E-state index in [1.165, 1.54) is 0 Å². The van der Waals surface area contributed by atoms with Crippen molar-refractivity contribution >= 4 is 12.1 Å². The van der Waals surface area contributed by atoms with E-state index in [9.17, 15) is 9.59 Å². The van der Waals surface area contributed by atoms with Gasteiger partial charge in [-0.1, -0.05) is 32.0 Å². The summed E-state index contributed by atoms with van der Waals surface area (Å²) in [6.45, 7) is 5.64. The lowest BCUT2D eigenvalue weighted by Crippen LogP contribution is -2.46. The fourth-order valence-corrected chi connectivity index (χ4v) is 1.48. The Balaban J connectivity index is 2.59. The Morgan fingerprint density at radius 3 is 2.37 bits per heavy atom. The number of ether oxygens (including phenoxy) is 2. The van der Waals surface area contributed by atoms with Crippen molar-refractivity contribution in [1.82, 2.24) is 5.32 Å². The molecule has 1 aromatic rings. The zero-order valence-electron chi connectivity index (χ0n) is 11.4. The summed E-state index contributed by atoms with van der Waals surface area (Å²) in [5.74, 6) is -0.115. The number of hydrogen-bond donors (Lipinski definition) is 1. The second-order valence-electron chi connectivity index (χ2n) is 4.32. The van der Waals surface area contributed by atoms with E-state index in [4.69, 9.17) is 9.47 Å². The molecule has 5 nitrogen and oxygen atoms in total. The highest BCUT2D eigenvalue weighted by atomic mass is 16.6. The minimum absolute atomic E-state index is 0.0811. The molecule has 0 bridgehead atoms. The Morgan fingerprint density at radius 2 is 1.84 bits per heavy atom. The molecule has 0 unspecified atom stereocenters. The van der Waals surface area contributed by atoms with Crippen molar-refractivity contribution < 1.29 is 19.1 Å². The zero-order chi connectivity index (χ0) is 14.3. The molecule has 0 aliphatic carbocycles. The summed E-state index contributed by atoms with van der Waals surface area (Å²) < 4.78 is 9.97. The standard InChI is InChI=1S/C14H19NO4/c1-4-18-13(16)12(10(2)3)15-14(17)19-11-8-6-5-7-9-11/h5-10,12H,4H2,1-3H3,(H,15,17)/t12-/m0/s1. The average molecular weight is 265 g/mol. The van der Waals surface area contributed by atoms with Crippen molar-refractivity contribution in [2.24, 2.45) is 5.92 Å². The van der Waals surface area contributed by atoms with E-state index in [2.05, 4.69) is 5.32 Å². The summed E-state index contributed by atoms with van der Waals surface area (Å²) in [5.41, 5.74) is 0. The third-order valence-corrected chi connectivity index (χ3v) is 2.43. The zero-order valence-corrected chi connectivity index (χ0v) is 11.4. The molecule has 0 saturated carbocycles. The Hall–Kier alpha value is -2.04. The number of nitrogens with one attached hydrogen (secondary N) is 1. The van der Waals surface area contributed by atoms with Gasteiger partial charge in [0, 0.05) is 0 Å². The van der Waals surface area contributed by atoms with Crippen molar-refractivity contribution in [3.63, 3.8) is 0 Å². The molecular formula is C14H19NO4. The topological polar surface area (TPSA) is 64.6 Å². The average Bonchev–Trinajstić information content (AvgIpc) is 2.37. The van der Waals surface area contributed by atoms with E-state index in [0.29, 0.717) is 5.75 Å². The van der Waals surface area contributed by atoms with Gasteiger partial charge in [-0.25, -0.2) is 9.59 Å². The van der Waals surface area contributed by atoms with E-state index in [1.807, 2.05) is 19.9 Å². The van der Waals surface area contributed by atoms with Gasteiger partial charge in [0.2, 0.25) is 0 Å². The first-order valence-corrected chi connectivity index (χ1v) is 6.24. The largest absolute Gasteiger partial charge is 0.464 e. The van der Waals surface area contributed by atoms with Crippen LogP contribution in [-0.4, -0.2) is 24.7 Å². The molecule has 0 aromatic heterocycles. The number of carbonyl (C=O) groups is 2. The minimum Gasteiger partial charge on any atom is -0.464 e. The van der Waals surface area contributed by atoms with Crippen LogP contribution in [0.1, 0.15) is 20.8 Å². The summed E-state index contributed by atoms with van der Waals surface area (Å²) in [7, 11) is 0. The van der Waals surface area contributed by atoms with Crippen LogP contribution in [0.25, 0.3) is 0 Å². The van der Waals surface area contributed by atoms with E-state index in [0.717, 1.165) is 0 Å². The lowest BCUT2D eigenvalue weighted by molar-refractivity contribution is -0.146. The van der Waals surface area contributed by atoms with Crippen LogP contribution in [0.4, 0.5) is 4.79 Å². The molecule has 0 spiro atoms. The van der Waals surface area contributed by atoms with Gasteiger partial charge in [-0.05, 0) is 25.0 Å². The molecule has 1 rings (SSSR count). The third-order valence-electron chi connectivity index (χ3n) is 2.43. The van der Waals surface area contributed by atoms with Gasteiger partial charge in [-0.3, -0.25) is 0 Å². The monoisotopic (exact) mass is 265 g/mol. The van der Waals surface area contributed by atoms with Crippen LogP contribution in [0.2, 0.25) is 0 Å². The van der Waals surface area contributed by atoms with Crippen LogP contribution in [0, 0.1) is 5.92 Å². The summed E-state index contributed by atoms with van der Waals surface area (Å²) in [6.07, 6.45) is -0.669. The highest BCUT2D eigenvalue weighted by Crippen LogP contribution is 2.10. The first-order chi connectivity index (χ1) is 9.04. The molecule has 0 aliphatic rings. The maximum absolute atomic E-state index is 11.7.